The zero-order valence-corrected chi connectivity index (χ0v) is 18.9. The van der Waals surface area contributed by atoms with Gasteiger partial charge in [-0.1, -0.05) is 41.7 Å². The number of carbonyl (C=O) groups excluding carboxylic acids is 1. The lowest BCUT2D eigenvalue weighted by Crippen LogP contribution is -2.43. The zero-order chi connectivity index (χ0) is 23.9. The SMILES string of the molecule is O=C(NCc1ccccc1)[C@H]1CCCN1c1nc2c(=O)n(CC3COC3)c(C(F)(F)F)nc2s1. The summed E-state index contributed by atoms with van der Waals surface area (Å²) in [6.07, 6.45) is -3.47. The van der Waals surface area contributed by atoms with Crippen LogP contribution in [-0.2, 0) is 28.8 Å². The monoisotopic (exact) mass is 493 g/mol. The molecule has 8 nitrogen and oxygen atoms in total. The average molecular weight is 494 g/mol. The lowest BCUT2D eigenvalue weighted by Gasteiger charge is -2.27. The highest BCUT2D eigenvalue weighted by Crippen LogP contribution is 2.34. The molecule has 0 unspecified atom stereocenters. The molecule has 4 heterocycles. The maximum absolute atomic E-state index is 13.7. The Kier molecular flexibility index (Phi) is 6.02. The van der Waals surface area contributed by atoms with Crippen LogP contribution in [0.5, 0.6) is 0 Å². The van der Waals surface area contributed by atoms with E-state index in [-0.39, 0.29) is 28.7 Å². The molecule has 1 N–H and O–H groups in total. The predicted octanol–water partition coefficient (Wildman–Crippen LogP) is 2.80. The Morgan fingerprint density at radius 3 is 2.65 bits per heavy atom. The topological polar surface area (TPSA) is 89.4 Å². The van der Waals surface area contributed by atoms with Gasteiger partial charge in [-0.2, -0.15) is 13.2 Å². The number of alkyl halides is 3. The summed E-state index contributed by atoms with van der Waals surface area (Å²) >= 11 is 0.908. The van der Waals surface area contributed by atoms with E-state index < -0.39 is 23.6 Å². The number of nitrogens with zero attached hydrogens (tertiary/aromatic N) is 4. The van der Waals surface area contributed by atoms with E-state index in [2.05, 4.69) is 15.3 Å². The molecular weight excluding hydrogens is 471 g/mol. The molecule has 3 aromatic rings. The van der Waals surface area contributed by atoms with Crippen LogP contribution in [0.4, 0.5) is 18.3 Å². The molecule has 2 aromatic heterocycles. The number of thiazole rings is 1. The Hall–Kier alpha value is -2.99. The number of amides is 1. The van der Waals surface area contributed by atoms with Crippen molar-refractivity contribution in [3.8, 4) is 0 Å². The predicted molar refractivity (Wildman–Crippen MR) is 120 cm³/mol. The van der Waals surface area contributed by atoms with Gasteiger partial charge in [0.15, 0.2) is 15.5 Å². The normalized spacial score (nSPS) is 18.9. The quantitative estimate of drug-likeness (QED) is 0.568. The third-order valence-electron chi connectivity index (χ3n) is 6.02. The van der Waals surface area contributed by atoms with Crippen LogP contribution in [0.25, 0.3) is 10.3 Å². The van der Waals surface area contributed by atoms with E-state index in [1.165, 1.54) is 0 Å². The molecule has 2 aliphatic heterocycles. The van der Waals surface area contributed by atoms with Gasteiger partial charge in [0.1, 0.15) is 6.04 Å². The van der Waals surface area contributed by atoms with Crippen LogP contribution in [0.15, 0.2) is 35.1 Å². The smallest absolute Gasteiger partial charge is 0.381 e. The number of fused-ring (bicyclic) bond motifs is 1. The average Bonchev–Trinajstić information content (AvgIpc) is 3.42. The van der Waals surface area contributed by atoms with Gasteiger partial charge in [0.25, 0.3) is 5.56 Å². The summed E-state index contributed by atoms with van der Waals surface area (Å²) in [4.78, 5) is 35.7. The van der Waals surface area contributed by atoms with E-state index in [0.29, 0.717) is 42.4 Å². The highest BCUT2D eigenvalue weighted by atomic mass is 32.1. The molecule has 0 radical (unpaired) electrons. The van der Waals surface area contributed by atoms with E-state index in [1.807, 2.05) is 30.3 Å². The van der Waals surface area contributed by atoms with Gasteiger partial charge < -0.3 is 15.0 Å². The second-order valence-electron chi connectivity index (χ2n) is 8.46. The lowest BCUT2D eigenvalue weighted by atomic mass is 10.1. The van der Waals surface area contributed by atoms with Crippen LogP contribution in [0.3, 0.4) is 0 Å². The number of hydrogen-bond acceptors (Lipinski definition) is 7. The van der Waals surface area contributed by atoms with E-state index in [0.717, 1.165) is 23.3 Å². The van der Waals surface area contributed by atoms with Crippen LogP contribution in [0.1, 0.15) is 24.2 Å². The summed E-state index contributed by atoms with van der Waals surface area (Å²) in [5.74, 6) is -1.59. The van der Waals surface area contributed by atoms with Crippen LogP contribution >= 0.6 is 11.3 Å². The number of aromatic nitrogens is 3. The molecule has 0 spiro atoms. The maximum atomic E-state index is 13.7. The molecule has 1 atom stereocenters. The number of carbonyl (C=O) groups is 1. The standard InChI is InChI=1S/C22H22F3N5O3S/c23-22(24,25)20-28-18-16(19(32)30(20)10-14-11-33-12-14)27-21(34-18)29-8-4-7-15(29)17(31)26-9-13-5-2-1-3-6-13/h1-3,5-6,14-15H,4,7-12H2,(H,26,31)/t15-/m1/s1. The number of anilines is 1. The maximum Gasteiger partial charge on any atom is 0.449 e. The second kappa shape index (κ2) is 8.99. The van der Waals surface area contributed by atoms with Crippen molar-refractivity contribution in [1.82, 2.24) is 19.9 Å². The Labute approximate surface area is 196 Å². The van der Waals surface area contributed by atoms with E-state index in [9.17, 15) is 22.8 Å². The van der Waals surface area contributed by atoms with Crippen molar-refractivity contribution in [1.29, 1.82) is 0 Å². The first-order valence-corrected chi connectivity index (χ1v) is 11.8. The van der Waals surface area contributed by atoms with Gasteiger partial charge in [0.2, 0.25) is 11.7 Å². The number of nitrogens with one attached hydrogen (secondary N) is 1. The fourth-order valence-electron chi connectivity index (χ4n) is 4.22. The lowest BCUT2D eigenvalue weighted by molar-refractivity contribution is -0.149. The highest BCUT2D eigenvalue weighted by Gasteiger charge is 2.39. The first-order valence-electron chi connectivity index (χ1n) is 11.0. The summed E-state index contributed by atoms with van der Waals surface area (Å²) in [5, 5.41) is 3.24. The second-order valence-corrected chi connectivity index (χ2v) is 9.41. The summed E-state index contributed by atoms with van der Waals surface area (Å²) in [6.45, 7) is 1.37. The Morgan fingerprint density at radius 1 is 1.21 bits per heavy atom. The Morgan fingerprint density at radius 2 is 1.97 bits per heavy atom. The first kappa shape index (κ1) is 22.8. The minimum atomic E-state index is -4.78. The van der Waals surface area contributed by atoms with Crippen LogP contribution in [0, 0.1) is 5.92 Å². The van der Waals surface area contributed by atoms with Gasteiger partial charge in [-0.15, -0.1) is 0 Å². The fraction of sp³-hybridized carbons (Fsp3) is 0.455. The van der Waals surface area contributed by atoms with Crippen molar-refractivity contribution in [2.75, 3.05) is 24.7 Å². The number of halogens is 3. The number of benzene rings is 1. The van der Waals surface area contributed by atoms with Crippen molar-refractivity contribution in [3.63, 3.8) is 0 Å². The minimum Gasteiger partial charge on any atom is -0.381 e. The molecule has 1 aromatic carbocycles. The Bertz CT molecular complexity index is 1260. The molecule has 34 heavy (non-hydrogen) atoms. The number of ether oxygens (including phenoxy) is 1. The first-order chi connectivity index (χ1) is 16.3. The summed E-state index contributed by atoms with van der Waals surface area (Å²) < 4.78 is 46.8. The molecular formula is C22H22F3N5O3S. The number of hydrogen-bond donors (Lipinski definition) is 1. The van der Waals surface area contributed by atoms with E-state index >= 15 is 0 Å². The molecule has 0 saturated carbocycles. The summed E-state index contributed by atoms with van der Waals surface area (Å²) in [7, 11) is 0. The third kappa shape index (κ3) is 4.39. The third-order valence-corrected chi connectivity index (χ3v) is 7.01. The zero-order valence-electron chi connectivity index (χ0n) is 18.0. The molecule has 5 rings (SSSR count). The molecule has 0 bridgehead atoms. The molecule has 1 amide bonds. The van der Waals surface area contributed by atoms with E-state index in [4.69, 9.17) is 4.74 Å². The Balaban J connectivity index is 1.43. The highest BCUT2D eigenvalue weighted by molar-refractivity contribution is 7.21. The van der Waals surface area contributed by atoms with Crippen LogP contribution in [0.2, 0.25) is 0 Å². The van der Waals surface area contributed by atoms with Crippen molar-refractivity contribution in [3.05, 3.63) is 52.1 Å². The van der Waals surface area contributed by atoms with Gasteiger partial charge in [0.05, 0.1) is 13.2 Å². The molecule has 2 aliphatic rings. The molecule has 12 heteroatoms. The van der Waals surface area contributed by atoms with Gasteiger partial charge >= 0.3 is 6.18 Å². The van der Waals surface area contributed by atoms with E-state index in [1.54, 1.807) is 4.90 Å². The van der Waals surface area contributed by atoms with Gasteiger partial charge in [-0.25, -0.2) is 9.97 Å². The molecule has 2 fully saturated rings. The largest absolute Gasteiger partial charge is 0.449 e. The van der Waals surface area contributed by atoms with Crippen molar-refractivity contribution in [2.24, 2.45) is 5.92 Å². The number of rotatable bonds is 6. The van der Waals surface area contributed by atoms with Crippen LogP contribution in [-0.4, -0.2) is 46.2 Å². The molecule has 2 saturated heterocycles. The minimum absolute atomic E-state index is 0.0798. The van der Waals surface area contributed by atoms with Crippen molar-refractivity contribution in [2.45, 2.75) is 38.1 Å². The molecule has 180 valence electrons. The summed E-state index contributed by atoms with van der Waals surface area (Å²) in [6, 6.07) is 8.97. The van der Waals surface area contributed by atoms with Gasteiger partial charge in [-0.05, 0) is 18.4 Å². The fourth-order valence-corrected chi connectivity index (χ4v) is 5.23. The summed E-state index contributed by atoms with van der Waals surface area (Å²) in [5.41, 5.74) is 0.0289. The van der Waals surface area contributed by atoms with Crippen molar-refractivity contribution >= 4 is 32.7 Å². The molecule has 0 aliphatic carbocycles. The van der Waals surface area contributed by atoms with Gasteiger partial charge in [-0.3, -0.25) is 14.2 Å². The van der Waals surface area contributed by atoms with Crippen LogP contribution < -0.4 is 15.8 Å². The van der Waals surface area contributed by atoms with Crippen molar-refractivity contribution < 1.29 is 22.7 Å². The van der Waals surface area contributed by atoms with Gasteiger partial charge in [0, 0.05) is 25.6 Å².